The molecule has 3 heterocycles. The van der Waals surface area contributed by atoms with Crippen molar-refractivity contribution in [1.82, 2.24) is 29.7 Å². The number of likely N-dealkylation sites (tertiary alicyclic amines) is 1. The van der Waals surface area contributed by atoms with Crippen LogP contribution in [-0.2, 0) is 6.54 Å². The fourth-order valence-corrected chi connectivity index (χ4v) is 3.81. The number of anilines is 1. The van der Waals surface area contributed by atoms with Gasteiger partial charge in [0.2, 0.25) is 0 Å². The molecule has 168 valence electrons. The number of ether oxygens (including phenoxy) is 2. The molecule has 0 spiro atoms. The summed E-state index contributed by atoms with van der Waals surface area (Å²) in [7, 11) is 1.61. The van der Waals surface area contributed by atoms with Crippen molar-refractivity contribution in [2.24, 2.45) is 0 Å². The number of unbranched alkanes of at least 4 members (excludes halogenated alkanes) is 1. The molecule has 2 aromatic rings. The summed E-state index contributed by atoms with van der Waals surface area (Å²) in [4.78, 5) is 15.8. The standard InChI is InChI=1S/C21H37N7O2/c1-3-4-16-30-20-25-18(22)17-19(26-20)28(21(24-17)29-2)15-9-11-23-10-8-14-27-12-6-5-7-13-27/h23H,3-16H2,1-2H3,(H2,22,25,26). The van der Waals surface area contributed by atoms with Crippen molar-refractivity contribution in [2.45, 2.75) is 58.4 Å². The highest BCUT2D eigenvalue weighted by molar-refractivity contribution is 5.83. The van der Waals surface area contributed by atoms with Crippen LogP contribution in [0.3, 0.4) is 0 Å². The van der Waals surface area contributed by atoms with Crippen LogP contribution in [0.15, 0.2) is 0 Å². The van der Waals surface area contributed by atoms with Crippen molar-refractivity contribution < 1.29 is 9.47 Å². The van der Waals surface area contributed by atoms with Crippen molar-refractivity contribution in [1.29, 1.82) is 0 Å². The van der Waals surface area contributed by atoms with Gasteiger partial charge in [-0.25, -0.2) is 0 Å². The Hall–Kier alpha value is -2.13. The fourth-order valence-electron chi connectivity index (χ4n) is 3.81. The highest BCUT2D eigenvalue weighted by Gasteiger charge is 2.17. The number of fused-ring (bicyclic) bond motifs is 1. The van der Waals surface area contributed by atoms with E-state index in [-0.39, 0.29) is 0 Å². The first-order valence-electron chi connectivity index (χ1n) is 11.4. The SMILES string of the molecule is CCCCOc1nc(N)c2nc(OC)n(CCCNCCCN3CCCCC3)c2n1. The number of piperidine rings is 1. The lowest BCUT2D eigenvalue weighted by molar-refractivity contribution is 0.225. The molecule has 9 nitrogen and oxygen atoms in total. The van der Waals surface area contributed by atoms with Gasteiger partial charge in [0.15, 0.2) is 17.0 Å². The minimum atomic E-state index is 0.299. The van der Waals surface area contributed by atoms with E-state index < -0.39 is 0 Å². The lowest BCUT2D eigenvalue weighted by Gasteiger charge is -2.26. The molecule has 1 aliphatic rings. The number of hydrogen-bond acceptors (Lipinski definition) is 8. The zero-order chi connectivity index (χ0) is 21.2. The molecule has 0 atom stereocenters. The second-order valence-electron chi connectivity index (χ2n) is 7.88. The third-order valence-corrected chi connectivity index (χ3v) is 5.49. The van der Waals surface area contributed by atoms with E-state index in [1.807, 2.05) is 4.57 Å². The largest absolute Gasteiger partial charge is 0.468 e. The highest BCUT2D eigenvalue weighted by Crippen LogP contribution is 2.25. The first-order valence-corrected chi connectivity index (χ1v) is 11.4. The van der Waals surface area contributed by atoms with Crippen LogP contribution < -0.4 is 20.5 Å². The second kappa shape index (κ2) is 11.9. The Balaban J connectivity index is 1.50. The lowest BCUT2D eigenvalue weighted by Crippen LogP contribution is -2.32. The Morgan fingerprint density at radius 1 is 1.00 bits per heavy atom. The number of nitrogen functional groups attached to an aromatic ring is 1. The maximum absolute atomic E-state index is 6.09. The van der Waals surface area contributed by atoms with E-state index >= 15 is 0 Å². The van der Waals surface area contributed by atoms with Crippen LogP contribution in [0.1, 0.15) is 51.9 Å². The molecule has 3 N–H and O–H groups in total. The van der Waals surface area contributed by atoms with Crippen LogP contribution in [0, 0.1) is 0 Å². The monoisotopic (exact) mass is 419 g/mol. The van der Waals surface area contributed by atoms with E-state index in [1.54, 1.807) is 7.11 Å². The van der Waals surface area contributed by atoms with Crippen LogP contribution in [-0.4, -0.2) is 70.9 Å². The van der Waals surface area contributed by atoms with Gasteiger partial charge in [-0.2, -0.15) is 15.0 Å². The molecule has 0 amide bonds. The molecule has 0 aromatic carbocycles. The van der Waals surface area contributed by atoms with Crippen LogP contribution in [0.5, 0.6) is 12.0 Å². The van der Waals surface area contributed by atoms with E-state index in [4.69, 9.17) is 15.2 Å². The van der Waals surface area contributed by atoms with Gasteiger partial charge in [-0.15, -0.1) is 0 Å². The van der Waals surface area contributed by atoms with E-state index in [9.17, 15) is 0 Å². The summed E-state index contributed by atoms with van der Waals surface area (Å²) in [5.74, 6) is 0.319. The Bertz CT molecular complexity index is 774. The normalized spacial score (nSPS) is 15.0. The molecule has 9 heteroatoms. The molecule has 0 bridgehead atoms. The third kappa shape index (κ3) is 6.18. The molecular formula is C21H37N7O2. The number of hydrogen-bond donors (Lipinski definition) is 2. The lowest BCUT2D eigenvalue weighted by atomic mass is 10.1. The first-order chi connectivity index (χ1) is 14.7. The number of nitrogens with zero attached hydrogens (tertiary/aromatic N) is 5. The molecule has 0 aliphatic carbocycles. The van der Waals surface area contributed by atoms with Crippen LogP contribution >= 0.6 is 0 Å². The molecular weight excluding hydrogens is 382 g/mol. The van der Waals surface area contributed by atoms with Crippen molar-refractivity contribution >= 4 is 17.0 Å². The minimum absolute atomic E-state index is 0.299. The van der Waals surface area contributed by atoms with Crippen molar-refractivity contribution in [3.05, 3.63) is 0 Å². The summed E-state index contributed by atoms with van der Waals surface area (Å²) >= 11 is 0. The Morgan fingerprint density at radius 2 is 1.77 bits per heavy atom. The smallest absolute Gasteiger partial charge is 0.320 e. The quantitative estimate of drug-likeness (QED) is 0.477. The number of nitrogens with two attached hydrogens (primary N) is 1. The molecule has 3 rings (SSSR count). The van der Waals surface area contributed by atoms with Gasteiger partial charge in [0.05, 0.1) is 13.7 Å². The maximum Gasteiger partial charge on any atom is 0.320 e. The van der Waals surface area contributed by atoms with Crippen molar-refractivity contribution in [3.63, 3.8) is 0 Å². The van der Waals surface area contributed by atoms with Gasteiger partial charge in [0, 0.05) is 6.54 Å². The first kappa shape index (κ1) is 22.6. The average molecular weight is 420 g/mol. The third-order valence-electron chi connectivity index (χ3n) is 5.49. The number of aryl methyl sites for hydroxylation is 1. The Morgan fingerprint density at radius 3 is 2.50 bits per heavy atom. The summed E-state index contributed by atoms with van der Waals surface area (Å²) in [6.07, 6.45) is 8.24. The van der Waals surface area contributed by atoms with Crippen LogP contribution in [0.4, 0.5) is 5.82 Å². The van der Waals surface area contributed by atoms with Gasteiger partial charge in [0.1, 0.15) is 0 Å². The van der Waals surface area contributed by atoms with Crippen LogP contribution in [0.2, 0.25) is 0 Å². The fraction of sp³-hybridized carbons (Fsp3) is 0.762. The number of rotatable bonds is 13. The van der Waals surface area contributed by atoms with Gasteiger partial charge in [-0.3, -0.25) is 4.57 Å². The van der Waals surface area contributed by atoms with E-state index in [1.165, 1.54) is 45.3 Å². The summed E-state index contributed by atoms with van der Waals surface area (Å²) in [5.41, 5.74) is 7.31. The predicted molar refractivity (Wildman–Crippen MR) is 119 cm³/mol. The van der Waals surface area contributed by atoms with Crippen molar-refractivity contribution in [3.8, 4) is 12.0 Å². The second-order valence-corrected chi connectivity index (χ2v) is 7.88. The van der Waals surface area contributed by atoms with Gasteiger partial charge in [0.25, 0.3) is 6.01 Å². The van der Waals surface area contributed by atoms with E-state index in [0.29, 0.717) is 35.6 Å². The zero-order valence-electron chi connectivity index (χ0n) is 18.5. The summed E-state index contributed by atoms with van der Waals surface area (Å²) in [6, 6.07) is 0.801. The molecule has 1 aliphatic heterocycles. The van der Waals surface area contributed by atoms with Gasteiger partial charge < -0.3 is 25.4 Å². The molecule has 1 saturated heterocycles. The van der Waals surface area contributed by atoms with Gasteiger partial charge >= 0.3 is 6.01 Å². The molecule has 0 unspecified atom stereocenters. The molecule has 2 aromatic heterocycles. The number of nitrogens with one attached hydrogen (secondary N) is 1. The zero-order valence-corrected chi connectivity index (χ0v) is 18.5. The number of aromatic nitrogens is 4. The van der Waals surface area contributed by atoms with Crippen molar-refractivity contribution in [2.75, 3.05) is 52.2 Å². The summed E-state index contributed by atoms with van der Waals surface area (Å²) in [5, 5.41) is 3.55. The van der Waals surface area contributed by atoms with Gasteiger partial charge in [-0.1, -0.05) is 19.8 Å². The average Bonchev–Trinajstić information content (AvgIpc) is 3.12. The van der Waals surface area contributed by atoms with E-state index in [2.05, 4.69) is 32.1 Å². The Kier molecular flexibility index (Phi) is 8.95. The number of imidazole rings is 1. The molecule has 1 fully saturated rings. The van der Waals surface area contributed by atoms with E-state index in [0.717, 1.165) is 38.9 Å². The minimum Gasteiger partial charge on any atom is -0.468 e. The van der Waals surface area contributed by atoms with Gasteiger partial charge in [-0.05, 0) is 64.8 Å². The topological polar surface area (TPSA) is 103 Å². The van der Waals surface area contributed by atoms with Crippen LogP contribution in [0.25, 0.3) is 11.2 Å². The predicted octanol–water partition coefficient (Wildman–Crippen LogP) is 2.45. The summed E-state index contributed by atoms with van der Waals surface area (Å²) < 4.78 is 13.1. The highest BCUT2D eigenvalue weighted by atomic mass is 16.5. The molecule has 30 heavy (non-hydrogen) atoms. The summed E-state index contributed by atoms with van der Waals surface area (Å²) in [6.45, 7) is 9.14. The maximum atomic E-state index is 6.09. The molecule has 0 saturated carbocycles. The number of methoxy groups -OCH3 is 1. The Labute approximate surface area is 179 Å². The molecule has 0 radical (unpaired) electrons.